The van der Waals surface area contributed by atoms with Gasteiger partial charge in [-0.2, -0.15) is 0 Å². The molecule has 3 aliphatic heterocycles. The van der Waals surface area contributed by atoms with Gasteiger partial charge in [-0.25, -0.2) is 9.59 Å². The summed E-state index contributed by atoms with van der Waals surface area (Å²) in [7, 11) is 0. The first-order chi connectivity index (χ1) is 15.1. The lowest BCUT2D eigenvalue weighted by Crippen LogP contribution is -2.53. The van der Waals surface area contributed by atoms with Gasteiger partial charge in [0.2, 0.25) is 0 Å². The molecule has 1 aromatic carbocycles. The van der Waals surface area contributed by atoms with Gasteiger partial charge in [0.15, 0.2) is 6.10 Å². The summed E-state index contributed by atoms with van der Waals surface area (Å²) in [6, 6.07) is 7.12. The largest absolute Gasteiger partial charge is 0.477 e. The van der Waals surface area contributed by atoms with Gasteiger partial charge in [0, 0.05) is 13.1 Å². The van der Waals surface area contributed by atoms with Crippen LogP contribution in [0.15, 0.2) is 35.5 Å². The van der Waals surface area contributed by atoms with E-state index < -0.39 is 12.1 Å². The highest BCUT2D eigenvalue weighted by molar-refractivity contribution is 5.94. The number of piperidine rings is 1. The quantitative estimate of drug-likeness (QED) is 0.688. The van der Waals surface area contributed by atoms with Gasteiger partial charge in [-0.3, -0.25) is 4.79 Å². The molecule has 31 heavy (non-hydrogen) atoms. The van der Waals surface area contributed by atoms with Crippen LogP contribution >= 0.6 is 0 Å². The number of nitrogens with zero attached hydrogens (tertiary/aromatic N) is 2. The van der Waals surface area contributed by atoms with E-state index in [1.165, 1.54) is 0 Å². The van der Waals surface area contributed by atoms with E-state index in [2.05, 4.69) is 10.6 Å². The molecule has 0 radical (unpaired) electrons. The van der Waals surface area contributed by atoms with Crippen LogP contribution in [0.4, 0.5) is 10.5 Å². The number of carbonyl (C=O) groups is 3. The van der Waals surface area contributed by atoms with Crippen molar-refractivity contribution in [2.45, 2.75) is 32.3 Å². The number of hydrogen-bond donors (Lipinski definition) is 2. The first kappa shape index (κ1) is 21.0. The summed E-state index contributed by atoms with van der Waals surface area (Å²) in [5.41, 5.74) is 1.67. The van der Waals surface area contributed by atoms with Gasteiger partial charge in [-0.1, -0.05) is 12.1 Å². The summed E-state index contributed by atoms with van der Waals surface area (Å²) in [6.45, 7) is 4.17. The lowest BCUT2D eigenvalue weighted by Gasteiger charge is -2.39. The van der Waals surface area contributed by atoms with E-state index in [0.29, 0.717) is 23.6 Å². The predicted molar refractivity (Wildman–Crippen MR) is 114 cm³/mol. The van der Waals surface area contributed by atoms with Crippen molar-refractivity contribution in [1.29, 1.82) is 0 Å². The van der Waals surface area contributed by atoms with Crippen LogP contribution in [0.5, 0.6) is 5.75 Å². The first-order valence-corrected chi connectivity index (χ1v) is 10.8. The molecule has 3 amide bonds. The van der Waals surface area contributed by atoms with Crippen LogP contribution < -0.4 is 20.3 Å². The molecule has 166 valence electrons. The van der Waals surface area contributed by atoms with E-state index in [9.17, 15) is 14.4 Å². The number of ether oxygens (including phenoxy) is 2. The predicted octanol–water partition coefficient (Wildman–Crippen LogP) is 1.40. The number of carbonyl (C=O) groups excluding carboxylic acids is 3. The molecule has 3 heterocycles. The molecule has 0 bridgehead atoms. The summed E-state index contributed by atoms with van der Waals surface area (Å²) in [6.07, 6.45) is 2.52. The van der Waals surface area contributed by atoms with Crippen molar-refractivity contribution in [3.63, 3.8) is 0 Å². The number of nitrogens with one attached hydrogen (secondary N) is 2. The van der Waals surface area contributed by atoms with Crippen LogP contribution in [0, 0.1) is 0 Å². The lowest BCUT2D eigenvalue weighted by atomic mass is 10.1. The fraction of sp³-hybridized carbons (Fsp3) is 0.500. The van der Waals surface area contributed by atoms with Crippen LogP contribution in [0.1, 0.15) is 26.2 Å². The second kappa shape index (κ2) is 9.28. The molecule has 0 saturated carbocycles. The molecule has 1 unspecified atom stereocenters. The summed E-state index contributed by atoms with van der Waals surface area (Å²) < 4.78 is 11.2. The summed E-state index contributed by atoms with van der Waals surface area (Å²) in [5, 5.41) is 5.36. The van der Waals surface area contributed by atoms with E-state index in [1.807, 2.05) is 34.1 Å². The fourth-order valence-electron chi connectivity index (χ4n) is 4.17. The number of likely N-dealkylation sites (tertiary alicyclic amines) is 1. The molecule has 1 fully saturated rings. The van der Waals surface area contributed by atoms with Gasteiger partial charge in [-0.15, -0.1) is 0 Å². The average Bonchev–Trinajstić information content (AvgIpc) is 2.79. The van der Waals surface area contributed by atoms with Crippen molar-refractivity contribution in [1.82, 2.24) is 15.5 Å². The Morgan fingerprint density at radius 2 is 1.97 bits per heavy atom. The smallest absolute Gasteiger partial charge is 0.337 e. The summed E-state index contributed by atoms with van der Waals surface area (Å²) in [5.74, 6) is 0.128. The highest BCUT2D eigenvalue weighted by Crippen LogP contribution is 2.34. The van der Waals surface area contributed by atoms with Crippen LogP contribution in [-0.2, 0) is 14.3 Å². The number of fused-ring (bicyclic) bond motifs is 1. The molecule has 3 aliphatic rings. The summed E-state index contributed by atoms with van der Waals surface area (Å²) in [4.78, 5) is 41.3. The molecule has 1 aromatic rings. The number of para-hydroxylation sites is 2. The normalized spacial score (nSPS) is 20.9. The minimum Gasteiger partial charge on any atom is -0.477 e. The Hall–Kier alpha value is -3.23. The van der Waals surface area contributed by atoms with E-state index in [4.69, 9.17) is 9.47 Å². The van der Waals surface area contributed by atoms with Crippen molar-refractivity contribution in [2.24, 2.45) is 0 Å². The van der Waals surface area contributed by atoms with Gasteiger partial charge < -0.3 is 29.9 Å². The maximum atomic E-state index is 13.1. The highest BCUT2D eigenvalue weighted by atomic mass is 16.5. The van der Waals surface area contributed by atoms with Crippen molar-refractivity contribution in [3.05, 3.63) is 35.5 Å². The van der Waals surface area contributed by atoms with Gasteiger partial charge >= 0.3 is 12.0 Å². The van der Waals surface area contributed by atoms with Gasteiger partial charge in [0.1, 0.15) is 5.75 Å². The molecule has 0 aliphatic carbocycles. The number of benzene rings is 1. The third-order valence-electron chi connectivity index (χ3n) is 5.73. The molecule has 2 N–H and O–H groups in total. The molecule has 4 rings (SSSR count). The van der Waals surface area contributed by atoms with Gasteiger partial charge in [-0.05, 0) is 38.3 Å². The third kappa shape index (κ3) is 4.60. The minimum atomic E-state index is -0.642. The number of anilines is 1. The van der Waals surface area contributed by atoms with Crippen LogP contribution in [0.2, 0.25) is 0 Å². The minimum absolute atomic E-state index is 0.0202. The van der Waals surface area contributed by atoms with Crippen molar-refractivity contribution in [2.75, 3.05) is 44.2 Å². The molecule has 1 saturated heterocycles. The SMILES string of the molecule is CCOC(=O)C1=C(CN2CC(C(=O)N3CCCCC3)Oc3ccccc32)NC(=O)NC1. The monoisotopic (exact) mass is 428 g/mol. The number of urea groups is 1. The van der Waals surface area contributed by atoms with E-state index in [1.54, 1.807) is 6.92 Å². The van der Waals surface area contributed by atoms with E-state index >= 15 is 0 Å². The number of rotatable bonds is 5. The highest BCUT2D eigenvalue weighted by Gasteiger charge is 2.35. The third-order valence-corrected chi connectivity index (χ3v) is 5.73. The zero-order valence-electron chi connectivity index (χ0n) is 17.7. The number of hydrogen-bond acceptors (Lipinski definition) is 6. The van der Waals surface area contributed by atoms with Crippen LogP contribution in [-0.4, -0.2) is 68.2 Å². The maximum absolute atomic E-state index is 13.1. The van der Waals surface area contributed by atoms with Gasteiger partial charge in [0.25, 0.3) is 5.91 Å². The zero-order chi connectivity index (χ0) is 21.8. The summed E-state index contributed by atoms with van der Waals surface area (Å²) >= 11 is 0. The Bertz CT molecular complexity index is 894. The van der Waals surface area contributed by atoms with Crippen molar-refractivity contribution >= 4 is 23.6 Å². The van der Waals surface area contributed by atoms with E-state index in [0.717, 1.165) is 38.0 Å². The Morgan fingerprint density at radius 3 is 2.74 bits per heavy atom. The second-order valence-electron chi connectivity index (χ2n) is 7.83. The molecular formula is C22H28N4O5. The Balaban J connectivity index is 1.60. The van der Waals surface area contributed by atoms with Crippen molar-refractivity contribution < 1.29 is 23.9 Å². The Morgan fingerprint density at radius 1 is 1.19 bits per heavy atom. The molecule has 0 spiro atoms. The van der Waals surface area contributed by atoms with Crippen molar-refractivity contribution in [3.8, 4) is 5.75 Å². The Labute approximate surface area is 181 Å². The maximum Gasteiger partial charge on any atom is 0.337 e. The molecule has 9 nitrogen and oxygen atoms in total. The zero-order valence-corrected chi connectivity index (χ0v) is 17.7. The van der Waals surface area contributed by atoms with Gasteiger partial charge in [0.05, 0.1) is 43.2 Å². The Kier molecular flexibility index (Phi) is 6.29. The molecule has 0 aromatic heterocycles. The lowest BCUT2D eigenvalue weighted by molar-refractivity contribution is -0.140. The molecule has 9 heteroatoms. The number of amides is 3. The molecular weight excluding hydrogens is 400 g/mol. The topological polar surface area (TPSA) is 100 Å². The first-order valence-electron chi connectivity index (χ1n) is 10.8. The standard InChI is InChI=1S/C22H28N4O5/c1-2-30-21(28)15-12-23-22(29)24-16(15)13-26-14-19(20(27)25-10-6-3-7-11-25)31-18-9-5-4-8-17(18)26/h4-5,8-9,19H,2-3,6-7,10-14H2,1H3,(H2,23,24,29). The average molecular weight is 428 g/mol. The number of esters is 1. The van der Waals surface area contributed by atoms with Crippen LogP contribution in [0.25, 0.3) is 0 Å². The van der Waals surface area contributed by atoms with Crippen LogP contribution in [0.3, 0.4) is 0 Å². The second-order valence-corrected chi connectivity index (χ2v) is 7.83. The molecule has 1 atom stereocenters. The van der Waals surface area contributed by atoms with E-state index in [-0.39, 0.29) is 31.6 Å². The fourth-order valence-corrected chi connectivity index (χ4v) is 4.17.